The maximum Gasteiger partial charge on any atom is 0.303 e. The number of aliphatic carboxylic acids is 1. The molecule has 2 rings (SSSR count). The molecule has 0 aliphatic rings. The standard InChI is InChI=1S/C15H15NO3/c1-19-14-8-7-13(10-16-14)12-5-2-11(3-6-12)4-9-15(17)18/h2-3,5-8,10H,4,9H2,1H3,(H,17,18). The molecule has 1 aromatic carbocycles. The summed E-state index contributed by atoms with van der Waals surface area (Å²) in [5, 5.41) is 8.64. The fraction of sp³-hybridized carbons (Fsp3) is 0.200. The number of aryl methyl sites for hydroxylation is 1. The van der Waals surface area contributed by atoms with Crippen LogP contribution >= 0.6 is 0 Å². The summed E-state index contributed by atoms with van der Waals surface area (Å²) >= 11 is 0. The Morgan fingerprint density at radius 1 is 1.16 bits per heavy atom. The summed E-state index contributed by atoms with van der Waals surface area (Å²) in [7, 11) is 1.58. The maximum absolute atomic E-state index is 10.5. The number of rotatable bonds is 5. The van der Waals surface area contributed by atoms with Crippen LogP contribution in [0.1, 0.15) is 12.0 Å². The van der Waals surface area contributed by atoms with Crippen LogP contribution in [-0.2, 0) is 11.2 Å². The van der Waals surface area contributed by atoms with Gasteiger partial charge in [-0.2, -0.15) is 0 Å². The first kappa shape index (κ1) is 13.1. The minimum atomic E-state index is -0.775. The number of carbonyl (C=O) groups is 1. The predicted octanol–water partition coefficient (Wildman–Crippen LogP) is 2.77. The largest absolute Gasteiger partial charge is 0.481 e. The summed E-state index contributed by atoms with van der Waals surface area (Å²) < 4.78 is 5.01. The number of benzene rings is 1. The molecule has 0 saturated carbocycles. The highest BCUT2D eigenvalue weighted by Crippen LogP contribution is 2.21. The Bertz CT molecular complexity index is 547. The molecule has 0 spiro atoms. The van der Waals surface area contributed by atoms with E-state index in [-0.39, 0.29) is 6.42 Å². The Balaban J connectivity index is 2.10. The quantitative estimate of drug-likeness (QED) is 0.894. The van der Waals surface area contributed by atoms with Gasteiger partial charge < -0.3 is 9.84 Å². The van der Waals surface area contributed by atoms with Gasteiger partial charge in [0.05, 0.1) is 7.11 Å². The van der Waals surface area contributed by atoms with E-state index in [1.54, 1.807) is 13.3 Å². The molecule has 4 heteroatoms. The normalized spacial score (nSPS) is 10.2. The van der Waals surface area contributed by atoms with Crippen LogP contribution in [0.25, 0.3) is 11.1 Å². The molecule has 1 aromatic heterocycles. The number of aromatic nitrogens is 1. The Kier molecular flexibility index (Phi) is 4.13. The molecule has 0 bridgehead atoms. The SMILES string of the molecule is COc1ccc(-c2ccc(CCC(=O)O)cc2)cn1. The van der Waals surface area contributed by atoms with Gasteiger partial charge in [0.15, 0.2) is 0 Å². The second-order valence-electron chi connectivity index (χ2n) is 4.18. The molecule has 98 valence electrons. The summed E-state index contributed by atoms with van der Waals surface area (Å²) in [6.45, 7) is 0. The van der Waals surface area contributed by atoms with Gasteiger partial charge in [-0.05, 0) is 23.6 Å². The van der Waals surface area contributed by atoms with Crippen LogP contribution in [0.4, 0.5) is 0 Å². The molecule has 2 aromatic rings. The number of hydrogen-bond donors (Lipinski definition) is 1. The first-order valence-corrected chi connectivity index (χ1v) is 6.00. The average molecular weight is 257 g/mol. The van der Waals surface area contributed by atoms with Gasteiger partial charge in [-0.15, -0.1) is 0 Å². The fourth-order valence-electron chi connectivity index (χ4n) is 1.79. The van der Waals surface area contributed by atoms with Gasteiger partial charge in [-0.1, -0.05) is 24.3 Å². The van der Waals surface area contributed by atoms with Crippen molar-refractivity contribution >= 4 is 5.97 Å². The molecular formula is C15H15NO3. The number of methoxy groups -OCH3 is 1. The molecule has 0 unspecified atom stereocenters. The van der Waals surface area contributed by atoms with Crippen molar-refractivity contribution in [1.29, 1.82) is 0 Å². The number of carboxylic acids is 1. The van der Waals surface area contributed by atoms with Gasteiger partial charge in [0, 0.05) is 24.2 Å². The third kappa shape index (κ3) is 3.55. The van der Waals surface area contributed by atoms with E-state index >= 15 is 0 Å². The highest BCUT2D eigenvalue weighted by Gasteiger charge is 2.02. The first-order valence-electron chi connectivity index (χ1n) is 6.00. The Morgan fingerprint density at radius 2 is 1.84 bits per heavy atom. The summed E-state index contributed by atoms with van der Waals surface area (Å²) in [5.74, 6) is -0.190. The van der Waals surface area contributed by atoms with E-state index in [9.17, 15) is 4.79 Å². The van der Waals surface area contributed by atoms with E-state index in [0.29, 0.717) is 12.3 Å². The zero-order valence-electron chi connectivity index (χ0n) is 10.7. The second kappa shape index (κ2) is 6.00. The lowest BCUT2D eigenvalue weighted by Gasteiger charge is -2.04. The summed E-state index contributed by atoms with van der Waals surface area (Å²) in [4.78, 5) is 14.7. The van der Waals surface area contributed by atoms with Gasteiger partial charge in [0.2, 0.25) is 5.88 Å². The molecule has 19 heavy (non-hydrogen) atoms. The molecule has 0 amide bonds. The van der Waals surface area contributed by atoms with E-state index in [1.807, 2.05) is 36.4 Å². The van der Waals surface area contributed by atoms with Crippen molar-refractivity contribution in [3.05, 3.63) is 48.2 Å². The Hall–Kier alpha value is -2.36. The van der Waals surface area contributed by atoms with Gasteiger partial charge in [0.1, 0.15) is 0 Å². The smallest absolute Gasteiger partial charge is 0.303 e. The van der Waals surface area contributed by atoms with Crippen LogP contribution < -0.4 is 4.74 Å². The lowest BCUT2D eigenvalue weighted by molar-refractivity contribution is -0.136. The zero-order valence-corrected chi connectivity index (χ0v) is 10.7. The second-order valence-corrected chi connectivity index (χ2v) is 4.18. The minimum Gasteiger partial charge on any atom is -0.481 e. The van der Waals surface area contributed by atoms with Crippen LogP contribution in [0, 0.1) is 0 Å². The third-order valence-electron chi connectivity index (χ3n) is 2.86. The topological polar surface area (TPSA) is 59.4 Å². The number of ether oxygens (including phenoxy) is 1. The molecule has 0 aliphatic carbocycles. The third-order valence-corrected chi connectivity index (χ3v) is 2.86. The van der Waals surface area contributed by atoms with E-state index in [4.69, 9.17) is 9.84 Å². The predicted molar refractivity (Wildman–Crippen MR) is 72.2 cm³/mol. The lowest BCUT2D eigenvalue weighted by Crippen LogP contribution is -1.97. The maximum atomic E-state index is 10.5. The van der Waals surface area contributed by atoms with Crippen LogP contribution in [0.5, 0.6) is 5.88 Å². The molecule has 4 nitrogen and oxygen atoms in total. The molecule has 0 aliphatic heterocycles. The summed E-state index contributed by atoms with van der Waals surface area (Å²) in [6.07, 6.45) is 2.46. The van der Waals surface area contributed by atoms with Crippen molar-refractivity contribution in [1.82, 2.24) is 4.98 Å². The minimum absolute atomic E-state index is 0.156. The van der Waals surface area contributed by atoms with E-state index in [1.165, 1.54) is 0 Å². The Labute approximate surface area is 111 Å². The van der Waals surface area contributed by atoms with Crippen LogP contribution in [-0.4, -0.2) is 23.2 Å². The van der Waals surface area contributed by atoms with Gasteiger partial charge in [-0.3, -0.25) is 4.79 Å². The van der Waals surface area contributed by atoms with E-state index in [2.05, 4.69) is 4.98 Å². The van der Waals surface area contributed by atoms with Crippen LogP contribution in [0.15, 0.2) is 42.6 Å². The number of nitrogens with zero attached hydrogens (tertiary/aromatic N) is 1. The number of carboxylic acid groups (broad SMARTS) is 1. The molecule has 1 N–H and O–H groups in total. The fourth-order valence-corrected chi connectivity index (χ4v) is 1.79. The van der Waals surface area contributed by atoms with Crippen molar-refractivity contribution in [2.75, 3.05) is 7.11 Å². The average Bonchev–Trinajstić information content (AvgIpc) is 2.46. The number of hydrogen-bond acceptors (Lipinski definition) is 3. The van der Waals surface area contributed by atoms with E-state index in [0.717, 1.165) is 16.7 Å². The van der Waals surface area contributed by atoms with Gasteiger partial charge in [0.25, 0.3) is 0 Å². The molecular weight excluding hydrogens is 242 g/mol. The Morgan fingerprint density at radius 3 is 2.37 bits per heavy atom. The molecule has 0 saturated heterocycles. The van der Waals surface area contributed by atoms with E-state index < -0.39 is 5.97 Å². The molecule has 0 radical (unpaired) electrons. The van der Waals surface area contributed by atoms with Crippen LogP contribution in [0.3, 0.4) is 0 Å². The van der Waals surface area contributed by atoms with Crippen molar-refractivity contribution in [3.63, 3.8) is 0 Å². The van der Waals surface area contributed by atoms with Crippen molar-refractivity contribution < 1.29 is 14.6 Å². The monoisotopic (exact) mass is 257 g/mol. The van der Waals surface area contributed by atoms with Crippen LogP contribution in [0.2, 0.25) is 0 Å². The lowest BCUT2D eigenvalue weighted by atomic mass is 10.0. The van der Waals surface area contributed by atoms with Crippen molar-refractivity contribution in [3.8, 4) is 17.0 Å². The highest BCUT2D eigenvalue weighted by molar-refractivity contribution is 5.67. The summed E-state index contributed by atoms with van der Waals surface area (Å²) in [6, 6.07) is 11.6. The zero-order chi connectivity index (χ0) is 13.7. The molecule has 0 fully saturated rings. The summed E-state index contributed by atoms with van der Waals surface area (Å²) in [5.41, 5.74) is 3.08. The number of pyridine rings is 1. The molecule has 0 atom stereocenters. The molecule has 1 heterocycles. The van der Waals surface area contributed by atoms with Gasteiger partial charge >= 0.3 is 5.97 Å². The van der Waals surface area contributed by atoms with Gasteiger partial charge in [-0.25, -0.2) is 4.98 Å². The van der Waals surface area contributed by atoms with Crippen molar-refractivity contribution in [2.24, 2.45) is 0 Å². The van der Waals surface area contributed by atoms with Crippen molar-refractivity contribution in [2.45, 2.75) is 12.8 Å². The highest BCUT2D eigenvalue weighted by atomic mass is 16.5. The first-order chi connectivity index (χ1) is 9.19.